The topological polar surface area (TPSA) is 96.8 Å². The number of hydrogen-bond acceptors (Lipinski definition) is 6. The molecule has 0 fully saturated rings. The number of thiazole rings is 1. The molecule has 1 N–H and O–H groups in total. The highest BCUT2D eigenvalue weighted by Gasteiger charge is 2.31. The average molecular weight is 563 g/mol. The zero-order valence-electron chi connectivity index (χ0n) is 19.8. The van der Waals surface area contributed by atoms with E-state index < -0.39 is 27.7 Å². The van der Waals surface area contributed by atoms with Gasteiger partial charge < -0.3 is 5.11 Å². The molecular weight excluding hydrogens is 541 g/mol. The predicted octanol–water partition coefficient (Wildman–Crippen LogP) is 6.21. The summed E-state index contributed by atoms with van der Waals surface area (Å²) in [5.74, 6) is -1.26. The van der Waals surface area contributed by atoms with Gasteiger partial charge in [0.15, 0.2) is 0 Å². The molecule has 12 heteroatoms. The highest BCUT2D eigenvalue weighted by atomic mass is 32.2. The van der Waals surface area contributed by atoms with Gasteiger partial charge in [-0.25, -0.2) is 9.78 Å². The van der Waals surface area contributed by atoms with E-state index in [2.05, 4.69) is 4.98 Å². The Morgan fingerprint density at radius 2 is 1.79 bits per heavy atom. The fourth-order valence-corrected chi connectivity index (χ4v) is 5.70. The van der Waals surface area contributed by atoms with E-state index in [-0.39, 0.29) is 29.2 Å². The molecule has 0 spiro atoms. The van der Waals surface area contributed by atoms with Gasteiger partial charge in [-0.15, -0.1) is 15.8 Å². The fraction of sp³-hybridized carbons (Fsp3) is 0.154. The van der Waals surface area contributed by atoms with Gasteiger partial charge in [-0.2, -0.15) is 21.6 Å². The lowest BCUT2D eigenvalue weighted by Gasteiger charge is -2.23. The molecule has 0 aliphatic carbocycles. The molecular formula is C26H21F3N2O5S2. The number of aromatic carboxylic acids is 1. The standard InChI is InChI=1S/C26H21F3N2O5S2/c1-17-10-11-22(15-23(17)25(32)33)38(34,35)31(21-8-3-2-4-9-21)36-13-12-20-16-37-24(30-20)18-6-5-7-19(14-18)26(27,28)29/h2-11,14-16H,12-13H2,1H3,(H,32,33). The summed E-state index contributed by atoms with van der Waals surface area (Å²) in [5, 5.41) is 11.5. The van der Waals surface area contributed by atoms with E-state index in [1.807, 2.05) is 0 Å². The van der Waals surface area contributed by atoms with Crippen molar-refractivity contribution in [2.45, 2.75) is 24.4 Å². The minimum absolute atomic E-state index is 0.127. The summed E-state index contributed by atoms with van der Waals surface area (Å²) < 4.78 is 66.8. The maximum atomic E-state index is 13.5. The Hall–Kier alpha value is -3.74. The quantitative estimate of drug-likeness (QED) is 0.244. The van der Waals surface area contributed by atoms with E-state index >= 15 is 0 Å². The molecule has 38 heavy (non-hydrogen) atoms. The molecule has 4 rings (SSSR count). The maximum absolute atomic E-state index is 13.5. The molecule has 1 heterocycles. The van der Waals surface area contributed by atoms with Crippen LogP contribution in [0, 0.1) is 6.92 Å². The highest BCUT2D eigenvalue weighted by molar-refractivity contribution is 7.92. The van der Waals surface area contributed by atoms with Crippen LogP contribution in [0.5, 0.6) is 0 Å². The predicted molar refractivity (Wildman–Crippen MR) is 136 cm³/mol. The Morgan fingerprint density at radius 3 is 2.47 bits per heavy atom. The molecule has 0 atom stereocenters. The van der Waals surface area contributed by atoms with Crippen LogP contribution in [0.4, 0.5) is 18.9 Å². The Morgan fingerprint density at radius 1 is 1.05 bits per heavy atom. The first-order valence-corrected chi connectivity index (χ1v) is 13.5. The monoisotopic (exact) mass is 562 g/mol. The molecule has 1 aromatic heterocycles. The van der Waals surface area contributed by atoms with E-state index in [4.69, 9.17) is 4.84 Å². The van der Waals surface area contributed by atoms with Crippen LogP contribution in [-0.4, -0.2) is 31.1 Å². The highest BCUT2D eigenvalue weighted by Crippen LogP contribution is 2.33. The summed E-state index contributed by atoms with van der Waals surface area (Å²) in [7, 11) is -4.31. The lowest BCUT2D eigenvalue weighted by atomic mass is 10.1. The van der Waals surface area contributed by atoms with E-state index in [1.165, 1.54) is 36.4 Å². The van der Waals surface area contributed by atoms with Crippen LogP contribution in [0.1, 0.15) is 27.2 Å². The molecule has 0 saturated heterocycles. The van der Waals surface area contributed by atoms with Crippen molar-refractivity contribution in [1.82, 2.24) is 4.98 Å². The second-order valence-electron chi connectivity index (χ2n) is 8.16. The van der Waals surface area contributed by atoms with Crippen molar-refractivity contribution < 1.29 is 36.3 Å². The number of anilines is 1. The second-order valence-corrected chi connectivity index (χ2v) is 10.8. The third kappa shape index (κ3) is 6.04. The van der Waals surface area contributed by atoms with Crippen molar-refractivity contribution in [2.24, 2.45) is 0 Å². The molecule has 7 nitrogen and oxygen atoms in total. The van der Waals surface area contributed by atoms with Gasteiger partial charge in [0, 0.05) is 17.4 Å². The number of aromatic nitrogens is 1. The third-order valence-corrected chi connectivity index (χ3v) is 8.02. The minimum atomic E-state index is -4.47. The normalized spacial score (nSPS) is 11.9. The summed E-state index contributed by atoms with van der Waals surface area (Å²) in [5.41, 5.74) is 0.511. The number of sulfonamides is 1. The van der Waals surface area contributed by atoms with Crippen LogP contribution < -0.4 is 4.47 Å². The SMILES string of the molecule is Cc1ccc(S(=O)(=O)N(OCCc2csc(-c3cccc(C(F)(F)F)c3)n2)c2ccccc2)cc1C(=O)O. The molecule has 0 unspecified atom stereocenters. The van der Waals surface area contributed by atoms with Gasteiger partial charge >= 0.3 is 12.1 Å². The van der Waals surface area contributed by atoms with Crippen molar-refractivity contribution in [1.29, 1.82) is 0 Å². The van der Waals surface area contributed by atoms with Crippen LogP contribution >= 0.6 is 11.3 Å². The number of carboxylic acid groups (broad SMARTS) is 1. The Balaban J connectivity index is 1.55. The number of carboxylic acids is 1. The van der Waals surface area contributed by atoms with Crippen molar-refractivity contribution >= 4 is 33.0 Å². The molecule has 0 amide bonds. The van der Waals surface area contributed by atoms with Gasteiger partial charge in [-0.3, -0.25) is 4.84 Å². The lowest BCUT2D eigenvalue weighted by molar-refractivity contribution is -0.137. The number of nitrogens with zero attached hydrogens (tertiary/aromatic N) is 2. The third-order valence-electron chi connectivity index (χ3n) is 5.48. The van der Waals surface area contributed by atoms with E-state index in [1.54, 1.807) is 30.5 Å². The number of aryl methyl sites for hydroxylation is 1. The molecule has 0 aliphatic heterocycles. The second kappa shape index (κ2) is 10.9. The molecule has 0 saturated carbocycles. The Bertz CT molecular complexity index is 1550. The number of benzene rings is 3. The summed E-state index contributed by atoms with van der Waals surface area (Å²) >= 11 is 1.16. The first-order chi connectivity index (χ1) is 18.0. The van der Waals surface area contributed by atoms with Gasteiger partial charge in [0.1, 0.15) is 5.01 Å². The molecule has 0 aliphatic rings. The Kier molecular flexibility index (Phi) is 7.86. The molecule has 4 aromatic rings. The van der Waals surface area contributed by atoms with E-state index in [0.29, 0.717) is 21.8 Å². The number of carbonyl (C=O) groups is 1. The fourth-order valence-electron chi connectivity index (χ4n) is 3.54. The zero-order valence-corrected chi connectivity index (χ0v) is 21.5. The number of para-hydroxylation sites is 1. The smallest absolute Gasteiger partial charge is 0.416 e. The molecule has 0 radical (unpaired) electrons. The zero-order chi connectivity index (χ0) is 27.5. The van der Waals surface area contributed by atoms with Crippen LogP contribution in [0.25, 0.3) is 10.6 Å². The maximum Gasteiger partial charge on any atom is 0.416 e. The van der Waals surface area contributed by atoms with Crippen LogP contribution in [-0.2, 0) is 27.5 Å². The van der Waals surface area contributed by atoms with Crippen LogP contribution in [0.3, 0.4) is 0 Å². The Labute approximate surface area is 220 Å². The van der Waals surface area contributed by atoms with E-state index in [0.717, 1.165) is 34.0 Å². The van der Waals surface area contributed by atoms with Crippen LogP contribution in [0.15, 0.2) is 83.1 Å². The number of alkyl halides is 3. The van der Waals surface area contributed by atoms with Gasteiger partial charge in [0.05, 0.1) is 34.0 Å². The number of rotatable bonds is 9. The molecule has 0 bridgehead atoms. The van der Waals surface area contributed by atoms with Gasteiger partial charge in [-0.1, -0.05) is 36.4 Å². The van der Waals surface area contributed by atoms with Gasteiger partial charge in [0.2, 0.25) is 0 Å². The van der Waals surface area contributed by atoms with Gasteiger partial charge in [-0.05, 0) is 48.9 Å². The first-order valence-electron chi connectivity index (χ1n) is 11.2. The van der Waals surface area contributed by atoms with Crippen molar-refractivity contribution in [3.63, 3.8) is 0 Å². The summed E-state index contributed by atoms with van der Waals surface area (Å²) in [6.07, 6.45) is -4.30. The summed E-state index contributed by atoms with van der Waals surface area (Å²) in [6.45, 7) is 1.43. The van der Waals surface area contributed by atoms with Crippen molar-refractivity contribution in [3.8, 4) is 10.6 Å². The number of halogens is 3. The lowest BCUT2D eigenvalue weighted by Crippen LogP contribution is -2.32. The molecule has 3 aromatic carbocycles. The minimum Gasteiger partial charge on any atom is -0.478 e. The summed E-state index contributed by atoms with van der Waals surface area (Å²) in [6, 6.07) is 16.6. The molecule has 198 valence electrons. The van der Waals surface area contributed by atoms with Crippen molar-refractivity contribution in [3.05, 3.63) is 101 Å². The first kappa shape index (κ1) is 27.3. The summed E-state index contributed by atoms with van der Waals surface area (Å²) in [4.78, 5) is 21.3. The van der Waals surface area contributed by atoms with Gasteiger partial charge in [0.25, 0.3) is 10.0 Å². The largest absolute Gasteiger partial charge is 0.478 e. The number of hydrogen-bond donors (Lipinski definition) is 1. The van der Waals surface area contributed by atoms with Crippen LogP contribution in [0.2, 0.25) is 0 Å². The average Bonchev–Trinajstić information content (AvgIpc) is 3.35. The van der Waals surface area contributed by atoms with Crippen molar-refractivity contribution in [2.75, 3.05) is 11.1 Å². The van der Waals surface area contributed by atoms with E-state index in [9.17, 15) is 31.5 Å².